The van der Waals surface area contributed by atoms with E-state index in [2.05, 4.69) is 0 Å². The van der Waals surface area contributed by atoms with Crippen LogP contribution in [0.3, 0.4) is 0 Å². The molecule has 14 heavy (non-hydrogen) atoms. The van der Waals surface area contributed by atoms with Crippen molar-refractivity contribution in [2.45, 2.75) is 38.4 Å². The maximum atomic E-state index is 10.6. The molecule has 5 heteroatoms. The molecule has 1 rings (SSSR count). The average Bonchev–Trinajstić information content (AvgIpc) is 2.50. The second-order valence-electron chi connectivity index (χ2n) is 4.00. The lowest BCUT2D eigenvalue weighted by molar-refractivity contribution is 0.0145. The van der Waals surface area contributed by atoms with E-state index in [0.29, 0.717) is 19.8 Å². The van der Waals surface area contributed by atoms with E-state index in [1.807, 2.05) is 13.8 Å². The maximum Gasteiger partial charge on any atom is 0.405 e. The molecular formula is C9H17NO4. The van der Waals surface area contributed by atoms with Crippen LogP contribution in [0, 0.1) is 0 Å². The molecule has 1 heterocycles. The van der Waals surface area contributed by atoms with Crippen LogP contribution in [0.5, 0.6) is 0 Å². The van der Waals surface area contributed by atoms with Crippen LogP contribution in [0.25, 0.3) is 0 Å². The van der Waals surface area contributed by atoms with Crippen LogP contribution >= 0.6 is 0 Å². The number of carbonyl (C=O) groups excluding carboxylic acids is 1. The van der Waals surface area contributed by atoms with Gasteiger partial charge in [-0.05, 0) is 26.7 Å². The number of carbonyl (C=O) groups is 1. The summed E-state index contributed by atoms with van der Waals surface area (Å²) in [5.41, 5.74) is 4.42. The lowest BCUT2D eigenvalue weighted by atomic mass is 10.0. The van der Waals surface area contributed by atoms with E-state index < -0.39 is 11.7 Å². The van der Waals surface area contributed by atoms with Crippen LogP contribution in [-0.2, 0) is 14.2 Å². The molecular weight excluding hydrogens is 186 g/mol. The molecule has 1 fully saturated rings. The number of amides is 1. The quantitative estimate of drug-likeness (QED) is 0.740. The zero-order chi connectivity index (χ0) is 10.6. The van der Waals surface area contributed by atoms with Gasteiger partial charge in [0.1, 0.15) is 12.4 Å². The monoisotopic (exact) mass is 203 g/mol. The van der Waals surface area contributed by atoms with Crippen LogP contribution in [0.1, 0.15) is 26.7 Å². The summed E-state index contributed by atoms with van der Waals surface area (Å²) in [6.45, 7) is 4.63. The van der Waals surface area contributed by atoms with E-state index >= 15 is 0 Å². The molecule has 5 nitrogen and oxygen atoms in total. The van der Waals surface area contributed by atoms with Crippen molar-refractivity contribution in [2.24, 2.45) is 5.73 Å². The van der Waals surface area contributed by atoms with E-state index in [4.69, 9.17) is 19.9 Å². The van der Waals surface area contributed by atoms with Gasteiger partial charge in [0.15, 0.2) is 0 Å². The summed E-state index contributed by atoms with van der Waals surface area (Å²) in [6, 6.07) is 0. The van der Waals surface area contributed by atoms with Crippen molar-refractivity contribution in [3.8, 4) is 0 Å². The Kier molecular flexibility index (Phi) is 3.71. The summed E-state index contributed by atoms with van der Waals surface area (Å²) < 4.78 is 15.2. The molecule has 0 aliphatic carbocycles. The predicted octanol–water partition coefficient (Wildman–Crippen LogP) is 1.01. The molecule has 0 saturated carbocycles. The highest BCUT2D eigenvalue weighted by Crippen LogP contribution is 2.20. The minimum absolute atomic E-state index is 0.116. The molecule has 1 atom stereocenters. The summed E-state index contributed by atoms with van der Waals surface area (Å²) in [6.07, 6.45) is 0.897. The van der Waals surface area contributed by atoms with E-state index in [1.54, 1.807) is 0 Å². The first-order chi connectivity index (χ1) is 6.49. The fourth-order valence-corrected chi connectivity index (χ4v) is 1.37. The minimum atomic E-state index is -0.737. The molecule has 82 valence electrons. The number of primary amides is 1. The molecule has 1 unspecified atom stereocenters. The molecule has 0 aromatic carbocycles. The third-order valence-electron chi connectivity index (χ3n) is 2.14. The Balaban J connectivity index is 2.23. The molecule has 0 radical (unpaired) electrons. The Hall–Kier alpha value is -0.810. The lowest BCUT2D eigenvalue weighted by Crippen LogP contribution is -2.32. The smallest absolute Gasteiger partial charge is 0.405 e. The topological polar surface area (TPSA) is 70.8 Å². The Bertz CT molecular complexity index is 199. The van der Waals surface area contributed by atoms with Crippen molar-refractivity contribution < 1.29 is 19.0 Å². The van der Waals surface area contributed by atoms with Gasteiger partial charge in [0.25, 0.3) is 0 Å². The number of hydrogen-bond acceptors (Lipinski definition) is 4. The number of nitrogens with two attached hydrogens (primary N) is 1. The fraction of sp³-hybridized carbons (Fsp3) is 0.889. The van der Waals surface area contributed by atoms with E-state index in [9.17, 15) is 4.79 Å². The van der Waals surface area contributed by atoms with Crippen molar-refractivity contribution >= 4 is 6.09 Å². The zero-order valence-corrected chi connectivity index (χ0v) is 8.62. The first kappa shape index (κ1) is 11.3. The number of rotatable bonds is 4. The summed E-state index contributed by atoms with van der Waals surface area (Å²) in [5.74, 6) is 0. The van der Waals surface area contributed by atoms with Gasteiger partial charge in [0.05, 0.1) is 12.7 Å². The summed E-state index contributed by atoms with van der Waals surface area (Å²) in [4.78, 5) is 10.6. The van der Waals surface area contributed by atoms with E-state index in [-0.39, 0.29) is 6.10 Å². The fourth-order valence-electron chi connectivity index (χ4n) is 1.37. The highest BCUT2D eigenvalue weighted by atomic mass is 16.7. The summed E-state index contributed by atoms with van der Waals surface area (Å²) >= 11 is 0. The van der Waals surface area contributed by atoms with Crippen molar-refractivity contribution in [3.05, 3.63) is 0 Å². The van der Waals surface area contributed by atoms with Crippen LogP contribution < -0.4 is 5.73 Å². The van der Waals surface area contributed by atoms with Gasteiger partial charge in [-0.1, -0.05) is 0 Å². The average molecular weight is 203 g/mol. The van der Waals surface area contributed by atoms with Crippen molar-refractivity contribution in [3.63, 3.8) is 0 Å². The predicted molar refractivity (Wildman–Crippen MR) is 49.7 cm³/mol. The Morgan fingerprint density at radius 3 is 2.86 bits per heavy atom. The molecule has 1 amide bonds. The maximum absolute atomic E-state index is 10.6. The van der Waals surface area contributed by atoms with Gasteiger partial charge in [-0.2, -0.15) is 0 Å². The molecule has 0 spiro atoms. The largest absolute Gasteiger partial charge is 0.444 e. The molecule has 0 aromatic heterocycles. The Morgan fingerprint density at radius 2 is 2.36 bits per heavy atom. The Labute approximate surface area is 83.5 Å². The zero-order valence-electron chi connectivity index (χ0n) is 8.62. The standard InChI is InChI=1S/C9H17NO4/c1-9(2,14-8(10)11)4-3-7-5-12-6-13-7/h7H,3-6H2,1-2H3,(H2,10,11). The van der Waals surface area contributed by atoms with Gasteiger partial charge in [-0.25, -0.2) is 4.79 Å². The molecule has 1 aliphatic heterocycles. The van der Waals surface area contributed by atoms with Gasteiger partial charge in [0, 0.05) is 0 Å². The van der Waals surface area contributed by atoms with Crippen LogP contribution in [-0.4, -0.2) is 31.2 Å². The molecule has 2 N–H and O–H groups in total. The molecule has 1 saturated heterocycles. The van der Waals surface area contributed by atoms with Crippen LogP contribution in [0.4, 0.5) is 4.79 Å². The minimum Gasteiger partial charge on any atom is -0.444 e. The second-order valence-corrected chi connectivity index (χ2v) is 4.00. The van der Waals surface area contributed by atoms with Crippen LogP contribution in [0.2, 0.25) is 0 Å². The SMILES string of the molecule is CC(C)(CCC1COCO1)OC(N)=O. The highest BCUT2D eigenvalue weighted by molar-refractivity contribution is 5.65. The van der Waals surface area contributed by atoms with Gasteiger partial charge >= 0.3 is 6.09 Å². The molecule has 1 aliphatic rings. The van der Waals surface area contributed by atoms with Gasteiger partial charge in [-0.3, -0.25) is 0 Å². The molecule has 0 aromatic rings. The Morgan fingerprint density at radius 1 is 1.64 bits per heavy atom. The van der Waals surface area contributed by atoms with E-state index in [1.165, 1.54) is 0 Å². The van der Waals surface area contributed by atoms with Crippen molar-refractivity contribution in [2.75, 3.05) is 13.4 Å². The van der Waals surface area contributed by atoms with Gasteiger partial charge in [-0.15, -0.1) is 0 Å². The summed E-state index contributed by atoms with van der Waals surface area (Å²) in [5, 5.41) is 0. The first-order valence-corrected chi connectivity index (χ1v) is 4.67. The summed E-state index contributed by atoms with van der Waals surface area (Å²) in [7, 11) is 0. The van der Waals surface area contributed by atoms with Gasteiger partial charge in [0.2, 0.25) is 0 Å². The van der Waals surface area contributed by atoms with Crippen molar-refractivity contribution in [1.82, 2.24) is 0 Å². The third kappa shape index (κ3) is 3.93. The molecule has 0 bridgehead atoms. The van der Waals surface area contributed by atoms with E-state index in [0.717, 1.165) is 6.42 Å². The normalized spacial score (nSPS) is 22.3. The first-order valence-electron chi connectivity index (χ1n) is 4.67. The highest BCUT2D eigenvalue weighted by Gasteiger charge is 2.25. The lowest BCUT2D eigenvalue weighted by Gasteiger charge is -2.24. The van der Waals surface area contributed by atoms with Crippen molar-refractivity contribution in [1.29, 1.82) is 0 Å². The second kappa shape index (κ2) is 4.61. The van der Waals surface area contributed by atoms with Crippen LogP contribution in [0.15, 0.2) is 0 Å². The van der Waals surface area contributed by atoms with Gasteiger partial charge < -0.3 is 19.9 Å². The number of ether oxygens (including phenoxy) is 3. The number of hydrogen-bond donors (Lipinski definition) is 1. The third-order valence-corrected chi connectivity index (χ3v) is 2.14.